The molecule has 1 aromatic heterocycles. The van der Waals surface area contributed by atoms with Crippen LogP contribution in [0.1, 0.15) is 37.2 Å². The molecule has 0 aromatic carbocycles. The molecule has 0 bridgehead atoms. The summed E-state index contributed by atoms with van der Waals surface area (Å²) in [4.78, 5) is 25.2. The number of ether oxygens (including phenoxy) is 1. The zero-order valence-electron chi connectivity index (χ0n) is 11.9. The maximum atomic E-state index is 12.3. The van der Waals surface area contributed by atoms with Crippen LogP contribution in [0.15, 0.2) is 22.8 Å². The molecule has 1 atom stereocenters. The van der Waals surface area contributed by atoms with Crippen molar-refractivity contribution < 1.29 is 23.8 Å². The third-order valence-corrected chi connectivity index (χ3v) is 2.98. The number of hydrogen-bond acceptors (Lipinski definition) is 5. The topological polar surface area (TPSA) is 80.0 Å². The lowest BCUT2D eigenvalue weighted by atomic mass is 10.1. The zero-order chi connectivity index (χ0) is 15.0. The average Bonchev–Trinajstić information content (AvgIpc) is 2.97. The second kappa shape index (κ2) is 8.37. The second-order valence-electron chi connectivity index (χ2n) is 4.28. The molecule has 1 aromatic rings. The van der Waals surface area contributed by atoms with E-state index in [0.29, 0.717) is 13.0 Å². The third-order valence-electron chi connectivity index (χ3n) is 2.98. The summed E-state index contributed by atoms with van der Waals surface area (Å²) in [6, 6.07) is 2.84. The Morgan fingerprint density at radius 2 is 2.20 bits per heavy atom. The number of nitrogens with zero attached hydrogens (tertiary/aromatic N) is 1. The van der Waals surface area contributed by atoms with Gasteiger partial charge < -0.3 is 19.2 Å². The standard InChI is InChI=1S/C14H21NO5/c1-3-11(10-16)15(8-7-13(17)19-4-2)14(18)12-6-5-9-20-12/h5-6,9,11,16H,3-4,7-8,10H2,1-2H3. The van der Waals surface area contributed by atoms with Crippen molar-refractivity contribution in [2.24, 2.45) is 0 Å². The molecule has 6 heteroatoms. The predicted octanol–water partition coefficient (Wildman–Crippen LogP) is 1.45. The summed E-state index contributed by atoms with van der Waals surface area (Å²) in [5, 5.41) is 9.37. The van der Waals surface area contributed by atoms with E-state index in [4.69, 9.17) is 9.15 Å². The van der Waals surface area contributed by atoms with Crippen molar-refractivity contribution in [2.45, 2.75) is 32.7 Å². The summed E-state index contributed by atoms with van der Waals surface area (Å²) in [5.41, 5.74) is 0. The Labute approximate surface area is 118 Å². The van der Waals surface area contributed by atoms with Gasteiger partial charge in [-0.1, -0.05) is 6.92 Å². The van der Waals surface area contributed by atoms with E-state index in [1.165, 1.54) is 11.2 Å². The molecular formula is C14H21NO5. The van der Waals surface area contributed by atoms with Gasteiger partial charge in [0.1, 0.15) is 0 Å². The fraction of sp³-hybridized carbons (Fsp3) is 0.571. The van der Waals surface area contributed by atoms with Gasteiger partial charge in [0.15, 0.2) is 5.76 Å². The normalized spacial score (nSPS) is 11.9. The van der Waals surface area contributed by atoms with Gasteiger partial charge in [-0.3, -0.25) is 9.59 Å². The average molecular weight is 283 g/mol. The lowest BCUT2D eigenvalue weighted by molar-refractivity contribution is -0.143. The molecule has 0 saturated carbocycles. The van der Waals surface area contributed by atoms with Crippen molar-refractivity contribution in [3.63, 3.8) is 0 Å². The maximum Gasteiger partial charge on any atom is 0.307 e. The van der Waals surface area contributed by atoms with E-state index in [2.05, 4.69) is 0 Å². The van der Waals surface area contributed by atoms with Gasteiger partial charge in [-0.2, -0.15) is 0 Å². The highest BCUT2D eigenvalue weighted by molar-refractivity contribution is 5.91. The summed E-state index contributed by atoms with van der Waals surface area (Å²) in [5.74, 6) is -0.501. The van der Waals surface area contributed by atoms with Gasteiger partial charge in [-0.15, -0.1) is 0 Å². The molecule has 0 radical (unpaired) electrons. The molecule has 0 spiro atoms. The molecule has 1 heterocycles. The Morgan fingerprint density at radius 1 is 1.45 bits per heavy atom. The lowest BCUT2D eigenvalue weighted by Crippen LogP contribution is -2.43. The van der Waals surface area contributed by atoms with E-state index >= 15 is 0 Å². The SMILES string of the molecule is CCOC(=O)CCN(C(=O)c1ccco1)C(CC)CO. The molecule has 20 heavy (non-hydrogen) atoms. The maximum absolute atomic E-state index is 12.3. The highest BCUT2D eigenvalue weighted by Gasteiger charge is 2.25. The fourth-order valence-corrected chi connectivity index (χ4v) is 1.88. The fourth-order valence-electron chi connectivity index (χ4n) is 1.88. The number of carbonyl (C=O) groups excluding carboxylic acids is 2. The first-order chi connectivity index (χ1) is 9.63. The molecule has 1 unspecified atom stereocenters. The first-order valence-electron chi connectivity index (χ1n) is 6.74. The number of carbonyl (C=O) groups is 2. The largest absolute Gasteiger partial charge is 0.466 e. The first-order valence-corrected chi connectivity index (χ1v) is 6.74. The molecule has 1 rings (SSSR count). The molecule has 1 amide bonds. The minimum atomic E-state index is -0.363. The molecule has 0 aliphatic carbocycles. The Balaban J connectivity index is 2.75. The minimum absolute atomic E-state index is 0.0940. The van der Waals surface area contributed by atoms with Crippen LogP contribution in [0.5, 0.6) is 0 Å². The van der Waals surface area contributed by atoms with Crippen molar-refractivity contribution >= 4 is 11.9 Å². The van der Waals surface area contributed by atoms with Crippen molar-refractivity contribution in [3.8, 4) is 0 Å². The van der Waals surface area contributed by atoms with E-state index < -0.39 is 0 Å². The molecule has 1 N–H and O–H groups in total. The van der Waals surface area contributed by atoms with Gasteiger partial charge in [-0.05, 0) is 25.5 Å². The van der Waals surface area contributed by atoms with Crippen LogP contribution < -0.4 is 0 Å². The number of rotatable bonds is 8. The highest BCUT2D eigenvalue weighted by Crippen LogP contribution is 2.12. The number of furan rings is 1. The van der Waals surface area contributed by atoms with Crippen LogP contribution in [-0.4, -0.2) is 47.7 Å². The van der Waals surface area contributed by atoms with E-state index in [9.17, 15) is 14.7 Å². The molecular weight excluding hydrogens is 262 g/mol. The van der Waals surface area contributed by atoms with E-state index in [1.54, 1.807) is 19.1 Å². The molecule has 6 nitrogen and oxygen atoms in total. The van der Waals surface area contributed by atoms with Gasteiger partial charge in [0.05, 0.1) is 31.9 Å². The smallest absolute Gasteiger partial charge is 0.307 e. The Morgan fingerprint density at radius 3 is 2.70 bits per heavy atom. The number of amides is 1. The van der Waals surface area contributed by atoms with Crippen molar-refractivity contribution in [1.29, 1.82) is 0 Å². The molecule has 112 valence electrons. The van der Waals surface area contributed by atoms with Crippen LogP contribution in [0, 0.1) is 0 Å². The second-order valence-corrected chi connectivity index (χ2v) is 4.28. The molecule has 0 aliphatic rings. The van der Waals surface area contributed by atoms with Crippen molar-refractivity contribution in [2.75, 3.05) is 19.8 Å². The van der Waals surface area contributed by atoms with Gasteiger partial charge in [0.25, 0.3) is 5.91 Å². The number of aliphatic hydroxyl groups is 1. The van der Waals surface area contributed by atoms with Crippen LogP contribution in [0.2, 0.25) is 0 Å². The quantitative estimate of drug-likeness (QED) is 0.730. The molecule has 0 saturated heterocycles. The predicted molar refractivity (Wildman–Crippen MR) is 72.2 cm³/mol. The van der Waals surface area contributed by atoms with E-state index in [1.807, 2.05) is 6.92 Å². The highest BCUT2D eigenvalue weighted by atomic mass is 16.5. The van der Waals surface area contributed by atoms with Crippen molar-refractivity contribution in [1.82, 2.24) is 4.90 Å². The van der Waals surface area contributed by atoms with Gasteiger partial charge in [0.2, 0.25) is 0 Å². The van der Waals surface area contributed by atoms with Gasteiger partial charge in [0, 0.05) is 6.54 Å². The number of hydrogen-bond donors (Lipinski definition) is 1. The van der Waals surface area contributed by atoms with Gasteiger partial charge >= 0.3 is 5.97 Å². The molecule has 0 aliphatic heterocycles. The summed E-state index contributed by atoms with van der Waals surface area (Å²) >= 11 is 0. The summed E-state index contributed by atoms with van der Waals surface area (Å²) in [6.07, 6.45) is 2.10. The first kappa shape index (κ1) is 16.2. The van der Waals surface area contributed by atoms with Crippen molar-refractivity contribution in [3.05, 3.63) is 24.2 Å². The summed E-state index contributed by atoms with van der Waals surface area (Å²) < 4.78 is 9.93. The summed E-state index contributed by atoms with van der Waals surface area (Å²) in [6.45, 7) is 3.94. The van der Waals surface area contributed by atoms with Crippen LogP contribution in [0.25, 0.3) is 0 Å². The lowest BCUT2D eigenvalue weighted by Gasteiger charge is -2.28. The number of esters is 1. The molecule has 0 fully saturated rings. The van der Waals surface area contributed by atoms with Gasteiger partial charge in [-0.25, -0.2) is 0 Å². The van der Waals surface area contributed by atoms with Crippen LogP contribution in [0.3, 0.4) is 0 Å². The minimum Gasteiger partial charge on any atom is -0.466 e. The third kappa shape index (κ3) is 4.38. The Hall–Kier alpha value is -1.82. The number of aliphatic hydroxyl groups excluding tert-OH is 1. The summed E-state index contributed by atoms with van der Waals surface area (Å²) in [7, 11) is 0. The van der Waals surface area contributed by atoms with Crippen LogP contribution in [0.4, 0.5) is 0 Å². The Kier molecular flexibility index (Phi) is 6.79. The van der Waals surface area contributed by atoms with E-state index in [0.717, 1.165) is 0 Å². The Bertz CT molecular complexity index is 411. The zero-order valence-corrected chi connectivity index (χ0v) is 11.9. The van der Waals surface area contributed by atoms with Crippen LogP contribution >= 0.6 is 0 Å². The monoisotopic (exact) mass is 283 g/mol. The van der Waals surface area contributed by atoms with E-state index in [-0.39, 0.29) is 43.3 Å². The van der Waals surface area contributed by atoms with Crippen LogP contribution in [-0.2, 0) is 9.53 Å².